The van der Waals surface area contributed by atoms with Crippen LogP contribution in [0.1, 0.15) is 71.5 Å². The lowest BCUT2D eigenvalue weighted by Crippen LogP contribution is -2.70. The largest absolute Gasteiger partial charge is 0.479 e. The molecule has 2 bridgehead atoms. The van der Waals surface area contributed by atoms with Crippen molar-refractivity contribution in [3.63, 3.8) is 0 Å². The minimum absolute atomic E-state index is 0.122. The molecule has 12 heteroatoms. The van der Waals surface area contributed by atoms with Crippen LogP contribution in [-0.4, -0.2) is 56.0 Å². The van der Waals surface area contributed by atoms with Crippen molar-refractivity contribution in [1.82, 2.24) is 20.6 Å². The molecule has 0 saturated heterocycles. The average molecular weight is 521 g/mol. The van der Waals surface area contributed by atoms with Gasteiger partial charge in [-0.3, -0.25) is 19.4 Å². The molecular weight excluding hydrogens is 498 g/mol. The lowest BCUT2D eigenvalue weighted by molar-refractivity contribution is -0.134. The number of nitrogens with zero attached hydrogens (tertiary/aromatic N) is 2. The molecule has 0 radical (unpaired) electrons. The molecule has 3 N–H and O–H groups in total. The van der Waals surface area contributed by atoms with Crippen molar-refractivity contribution in [2.75, 3.05) is 0 Å². The molecule has 2 heterocycles. The predicted octanol–water partition coefficient (Wildman–Crippen LogP) is 2.76. The molecule has 190 valence electrons. The van der Waals surface area contributed by atoms with Gasteiger partial charge in [0.05, 0.1) is 36.0 Å². The van der Waals surface area contributed by atoms with Gasteiger partial charge in [-0.15, -0.1) is 0 Å². The van der Waals surface area contributed by atoms with Gasteiger partial charge in [0, 0.05) is 10.6 Å². The first-order chi connectivity index (χ1) is 17.1. The number of ketones is 1. The molecule has 1 aliphatic heterocycles. The molecule has 9 nitrogen and oxygen atoms in total. The Labute approximate surface area is 209 Å². The highest BCUT2D eigenvalue weighted by molar-refractivity contribution is 6.31. The lowest BCUT2D eigenvalue weighted by atomic mass is 9.59. The zero-order valence-electron chi connectivity index (χ0n) is 19.0. The third-order valence-electron chi connectivity index (χ3n) is 7.37. The van der Waals surface area contributed by atoms with Gasteiger partial charge >= 0.3 is 0 Å². The van der Waals surface area contributed by atoms with Crippen LogP contribution in [0, 0.1) is 0 Å². The van der Waals surface area contributed by atoms with E-state index in [4.69, 9.17) is 16.3 Å². The van der Waals surface area contributed by atoms with Gasteiger partial charge in [0.1, 0.15) is 17.1 Å². The van der Waals surface area contributed by atoms with Crippen LogP contribution in [-0.2, 0) is 4.79 Å². The second-order valence-electron chi connectivity index (χ2n) is 9.60. The van der Waals surface area contributed by atoms with Gasteiger partial charge in [0.2, 0.25) is 0 Å². The number of aliphatic hydroxyl groups excluding tert-OH is 1. The Balaban J connectivity index is 1.23. The van der Waals surface area contributed by atoms with Gasteiger partial charge < -0.3 is 20.5 Å². The summed E-state index contributed by atoms with van der Waals surface area (Å²) in [4.78, 5) is 45.6. The first-order valence-corrected chi connectivity index (χ1v) is 11.9. The summed E-state index contributed by atoms with van der Waals surface area (Å²) in [5.74, 6) is -1.00. The van der Waals surface area contributed by atoms with E-state index in [1.165, 1.54) is 6.07 Å². The van der Waals surface area contributed by atoms with Crippen LogP contribution in [0.5, 0.6) is 5.75 Å². The lowest BCUT2D eigenvalue weighted by Gasteiger charge is -2.56. The number of hydrogen-bond donors (Lipinski definition) is 3. The number of rotatable bonds is 5. The van der Waals surface area contributed by atoms with Crippen molar-refractivity contribution in [3.05, 3.63) is 52.6 Å². The predicted molar refractivity (Wildman–Crippen MR) is 122 cm³/mol. The second kappa shape index (κ2) is 9.04. The Morgan fingerprint density at radius 2 is 1.89 bits per heavy atom. The number of aromatic nitrogens is 2. The number of alkyl halides is 2. The van der Waals surface area contributed by atoms with E-state index in [0.717, 1.165) is 12.4 Å². The molecule has 3 fully saturated rings. The minimum Gasteiger partial charge on any atom is -0.479 e. The number of fused-ring (bicyclic) bond motifs is 4. The van der Waals surface area contributed by atoms with E-state index in [0.29, 0.717) is 42.0 Å². The maximum Gasteiger partial charge on any atom is 0.281 e. The third-order valence-corrected chi connectivity index (χ3v) is 7.61. The molecule has 6 rings (SSSR count). The van der Waals surface area contributed by atoms with Crippen LogP contribution in [0.4, 0.5) is 8.78 Å². The number of carbonyl (C=O) groups is 3. The number of Topliss-reactive ketones (excluding diaryl/α,β-unsaturated/α-hetero) is 1. The van der Waals surface area contributed by atoms with E-state index in [2.05, 4.69) is 20.6 Å². The Hall–Kier alpha value is -3.18. The number of ether oxygens (including phenoxy) is 1. The summed E-state index contributed by atoms with van der Waals surface area (Å²) in [5, 5.41) is 17.2. The van der Waals surface area contributed by atoms with E-state index in [1.807, 2.05) is 0 Å². The van der Waals surface area contributed by atoms with Crippen LogP contribution in [0.2, 0.25) is 5.02 Å². The van der Waals surface area contributed by atoms with E-state index >= 15 is 0 Å². The Morgan fingerprint density at radius 3 is 2.53 bits per heavy atom. The molecule has 3 saturated carbocycles. The topological polar surface area (TPSA) is 131 Å². The number of aliphatic hydroxyl groups is 1. The molecule has 1 aromatic carbocycles. The van der Waals surface area contributed by atoms with Gasteiger partial charge in [-0.05, 0) is 50.3 Å². The summed E-state index contributed by atoms with van der Waals surface area (Å²) < 4.78 is 31.2. The van der Waals surface area contributed by atoms with E-state index in [9.17, 15) is 28.3 Å². The number of halogens is 3. The SMILES string of the molecule is O=C(NC12CCC(NC(=O)[C@H]3CC(=O)c4cc(Cl)ccc4O3)(CC1)C[C@H]2O)c1cnc(C(F)F)cn1. The number of nitrogens with one attached hydrogen (secondary N) is 2. The molecule has 36 heavy (non-hydrogen) atoms. The molecule has 4 aliphatic rings. The molecule has 2 atom stereocenters. The summed E-state index contributed by atoms with van der Waals surface area (Å²) in [6.07, 6.45) is -1.11. The Morgan fingerprint density at radius 1 is 1.14 bits per heavy atom. The maximum atomic E-state index is 13.1. The molecule has 3 aliphatic carbocycles. The Kier molecular flexibility index (Phi) is 6.16. The average Bonchev–Trinajstić information content (AvgIpc) is 2.85. The quantitative estimate of drug-likeness (QED) is 0.552. The van der Waals surface area contributed by atoms with Crippen molar-refractivity contribution in [2.45, 2.75) is 68.2 Å². The van der Waals surface area contributed by atoms with Crippen LogP contribution >= 0.6 is 11.6 Å². The van der Waals surface area contributed by atoms with Crippen molar-refractivity contribution in [2.24, 2.45) is 0 Å². The molecule has 0 spiro atoms. The highest BCUT2D eigenvalue weighted by atomic mass is 35.5. The summed E-state index contributed by atoms with van der Waals surface area (Å²) >= 11 is 5.95. The van der Waals surface area contributed by atoms with Crippen LogP contribution < -0.4 is 15.4 Å². The fourth-order valence-corrected chi connectivity index (χ4v) is 5.48. The van der Waals surface area contributed by atoms with Gasteiger partial charge in [-0.1, -0.05) is 11.6 Å². The van der Waals surface area contributed by atoms with Gasteiger partial charge in [-0.2, -0.15) is 0 Å². The van der Waals surface area contributed by atoms with Crippen LogP contribution in [0.3, 0.4) is 0 Å². The van der Waals surface area contributed by atoms with Gasteiger partial charge in [0.15, 0.2) is 11.9 Å². The number of benzene rings is 1. The molecule has 1 aromatic heterocycles. The fourth-order valence-electron chi connectivity index (χ4n) is 5.30. The zero-order chi connectivity index (χ0) is 25.7. The van der Waals surface area contributed by atoms with Crippen LogP contribution in [0.15, 0.2) is 30.6 Å². The van der Waals surface area contributed by atoms with Crippen molar-refractivity contribution in [3.8, 4) is 5.75 Å². The maximum absolute atomic E-state index is 13.1. The van der Waals surface area contributed by atoms with Crippen molar-refractivity contribution >= 4 is 29.2 Å². The standard InChI is InChI=1S/C24H23ClF2N4O5/c25-12-1-2-17-13(7-12)16(32)8-18(36-17)22(35)30-23-3-5-24(6-4-23,19(33)9-23)31-21(34)15-11-28-14(10-29-15)20(26)27/h1-2,7,10-11,18-20,33H,3-6,8-9H2,(H,30,35)(H,31,34)/t18-,19-,23?,24?/m1/s1. The third kappa shape index (κ3) is 4.41. The minimum atomic E-state index is -2.79. The fraction of sp³-hybridized carbons (Fsp3) is 0.458. The van der Waals surface area contributed by atoms with Crippen molar-refractivity contribution < 1.29 is 33.0 Å². The molecule has 2 amide bonds. The molecular formula is C24H23ClF2N4O5. The molecule has 2 aromatic rings. The number of hydrogen-bond acceptors (Lipinski definition) is 7. The zero-order valence-corrected chi connectivity index (χ0v) is 19.7. The van der Waals surface area contributed by atoms with E-state index < -0.39 is 47.2 Å². The summed E-state index contributed by atoms with van der Waals surface area (Å²) in [5.41, 5.74) is -1.95. The van der Waals surface area contributed by atoms with Gasteiger partial charge in [-0.25, -0.2) is 13.8 Å². The normalized spacial score (nSPS) is 28.9. The number of carbonyl (C=O) groups excluding carboxylic acids is 3. The summed E-state index contributed by atoms with van der Waals surface area (Å²) in [6, 6.07) is 4.65. The van der Waals surface area contributed by atoms with Gasteiger partial charge in [0.25, 0.3) is 18.2 Å². The summed E-state index contributed by atoms with van der Waals surface area (Å²) in [6.45, 7) is 0. The number of amides is 2. The van der Waals surface area contributed by atoms with E-state index in [1.54, 1.807) is 12.1 Å². The Bertz CT molecular complexity index is 1220. The molecule has 0 unspecified atom stereocenters. The van der Waals surface area contributed by atoms with E-state index in [-0.39, 0.29) is 24.3 Å². The highest BCUT2D eigenvalue weighted by Gasteiger charge is 2.56. The summed E-state index contributed by atoms with van der Waals surface area (Å²) in [7, 11) is 0. The first-order valence-electron chi connectivity index (χ1n) is 11.5. The van der Waals surface area contributed by atoms with Crippen LogP contribution in [0.25, 0.3) is 0 Å². The highest BCUT2D eigenvalue weighted by Crippen LogP contribution is 2.47. The second-order valence-corrected chi connectivity index (χ2v) is 10.0. The first kappa shape index (κ1) is 24.5. The monoisotopic (exact) mass is 520 g/mol. The smallest absolute Gasteiger partial charge is 0.281 e. The van der Waals surface area contributed by atoms with Crippen molar-refractivity contribution in [1.29, 1.82) is 0 Å².